The van der Waals surface area contributed by atoms with Gasteiger partial charge in [0.25, 0.3) is 5.56 Å². The van der Waals surface area contributed by atoms with E-state index in [2.05, 4.69) is 0 Å². The molecule has 0 N–H and O–H groups in total. The van der Waals surface area contributed by atoms with Gasteiger partial charge in [-0.2, -0.15) is 0 Å². The van der Waals surface area contributed by atoms with Gasteiger partial charge in [0.2, 0.25) is 0 Å². The Labute approximate surface area is 171 Å². The molecule has 0 aliphatic rings. The molecule has 29 heavy (non-hydrogen) atoms. The Morgan fingerprint density at radius 1 is 1.14 bits per heavy atom. The topological polar surface area (TPSA) is 52.0 Å². The molecule has 0 spiro atoms. The largest absolute Gasteiger partial charge is 0.300 e. The van der Waals surface area contributed by atoms with Gasteiger partial charge < -0.3 is 0 Å². The second-order valence-electron chi connectivity index (χ2n) is 7.05. The number of ketones is 1. The summed E-state index contributed by atoms with van der Waals surface area (Å²) in [5.41, 5.74) is 3.21. The van der Waals surface area contributed by atoms with Crippen molar-refractivity contribution in [1.82, 2.24) is 9.55 Å². The second kappa shape index (κ2) is 7.72. The number of fused-ring (bicyclic) bond motifs is 1. The SMILES string of the molecule is CC(=O)CCn1c(-c2cccc(C)c2)nc2scc(-c3ccc(F)cc3)c2c1=O. The third kappa shape index (κ3) is 3.76. The molecule has 0 amide bonds. The Kier molecular flexibility index (Phi) is 5.11. The van der Waals surface area contributed by atoms with Crippen LogP contribution in [0.1, 0.15) is 18.9 Å². The van der Waals surface area contributed by atoms with Crippen LogP contribution in [-0.2, 0) is 11.3 Å². The molecule has 0 aliphatic heterocycles. The van der Waals surface area contributed by atoms with Crippen LogP contribution in [0.25, 0.3) is 32.7 Å². The molecule has 6 heteroatoms. The van der Waals surface area contributed by atoms with Crippen LogP contribution < -0.4 is 5.56 Å². The van der Waals surface area contributed by atoms with Crippen molar-refractivity contribution in [2.75, 3.05) is 0 Å². The molecule has 2 heterocycles. The summed E-state index contributed by atoms with van der Waals surface area (Å²) in [6.45, 7) is 3.76. The van der Waals surface area contributed by atoms with Crippen LogP contribution in [0.3, 0.4) is 0 Å². The first kappa shape index (κ1) is 19.2. The number of benzene rings is 2. The molecule has 0 bridgehead atoms. The van der Waals surface area contributed by atoms with Crippen LogP contribution in [0.5, 0.6) is 0 Å². The van der Waals surface area contributed by atoms with Gasteiger partial charge in [0, 0.05) is 29.5 Å². The highest BCUT2D eigenvalue weighted by molar-refractivity contribution is 7.17. The lowest BCUT2D eigenvalue weighted by Gasteiger charge is -2.13. The summed E-state index contributed by atoms with van der Waals surface area (Å²) in [5, 5.41) is 2.38. The molecular weight excluding hydrogens is 387 g/mol. The summed E-state index contributed by atoms with van der Waals surface area (Å²) >= 11 is 1.39. The van der Waals surface area contributed by atoms with Crippen molar-refractivity contribution in [3.05, 3.63) is 75.6 Å². The van der Waals surface area contributed by atoms with E-state index >= 15 is 0 Å². The van der Waals surface area contributed by atoms with E-state index in [0.29, 0.717) is 16.0 Å². The molecular formula is C23H19FN2O2S. The third-order valence-electron chi connectivity index (χ3n) is 4.81. The number of carbonyl (C=O) groups is 1. The van der Waals surface area contributed by atoms with Gasteiger partial charge in [0.05, 0.1) is 5.39 Å². The fourth-order valence-electron chi connectivity index (χ4n) is 3.35. The van der Waals surface area contributed by atoms with Crippen molar-refractivity contribution in [1.29, 1.82) is 0 Å². The smallest absolute Gasteiger partial charge is 0.263 e. The lowest BCUT2D eigenvalue weighted by Crippen LogP contribution is -2.24. The summed E-state index contributed by atoms with van der Waals surface area (Å²) in [6.07, 6.45) is 0.252. The molecule has 0 fully saturated rings. The van der Waals surface area contributed by atoms with E-state index in [0.717, 1.165) is 22.3 Å². The first-order valence-electron chi connectivity index (χ1n) is 9.28. The second-order valence-corrected chi connectivity index (χ2v) is 7.91. The zero-order chi connectivity index (χ0) is 20.5. The monoisotopic (exact) mass is 406 g/mol. The van der Waals surface area contributed by atoms with E-state index in [1.54, 1.807) is 16.7 Å². The zero-order valence-electron chi connectivity index (χ0n) is 16.1. The lowest BCUT2D eigenvalue weighted by molar-refractivity contribution is -0.117. The number of nitrogens with zero attached hydrogens (tertiary/aromatic N) is 2. The number of thiophene rings is 1. The summed E-state index contributed by atoms with van der Waals surface area (Å²) in [6, 6.07) is 13.9. The Morgan fingerprint density at radius 3 is 2.59 bits per heavy atom. The maximum atomic E-state index is 13.5. The molecule has 0 aliphatic carbocycles. The van der Waals surface area contributed by atoms with Crippen LogP contribution in [0.4, 0.5) is 4.39 Å². The minimum absolute atomic E-state index is 0.0104. The van der Waals surface area contributed by atoms with Crippen molar-refractivity contribution in [2.24, 2.45) is 0 Å². The van der Waals surface area contributed by atoms with E-state index in [9.17, 15) is 14.0 Å². The Bertz CT molecular complexity index is 1270. The lowest BCUT2D eigenvalue weighted by atomic mass is 10.1. The minimum atomic E-state index is -0.327. The number of Topliss-reactive ketones (excluding diaryl/α,β-unsaturated/α-hetero) is 1. The first-order valence-corrected chi connectivity index (χ1v) is 10.2. The normalized spacial score (nSPS) is 11.1. The molecule has 0 saturated heterocycles. The average molecular weight is 406 g/mol. The number of halogens is 1. The number of carbonyl (C=O) groups excluding carboxylic acids is 1. The third-order valence-corrected chi connectivity index (χ3v) is 5.68. The molecule has 4 nitrogen and oxygen atoms in total. The van der Waals surface area contributed by atoms with Gasteiger partial charge in [-0.1, -0.05) is 35.9 Å². The predicted octanol–water partition coefficient (Wildman–Crippen LogP) is 5.22. The van der Waals surface area contributed by atoms with Crippen LogP contribution in [-0.4, -0.2) is 15.3 Å². The quantitative estimate of drug-likeness (QED) is 0.457. The van der Waals surface area contributed by atoms with Crippen LogP contribution in [0, 0.1) is 12.7 Å². The van der Waals surface area contributed by atoms with Crippen LogP contribution in [0.2, 0.25) is 0 Å². The van der Waals surface area contributed by atoms with Crippen LogP contribution in [0.15, 0.2) is 58.7 Å². The molecule has 2 aromatic heterocycles. The molecule has 2 aromatic carbocycles. The highest BCUT2D eigenvalue weighted by atomic mass is 32.1. The van der Waals surface area contributed by atoms with E-state index in [-0.39, 0.29) is 30.1 Å². The van der Waals surface area contributed by atoms with Crippen molar-refractivity contribution in [3.63, 3.8) is 0 Å². The number of rotatable bonds is 5. The maximum Gasteiger partial charge on any atom is 0.263 e. The van der Waals surface area contributed by atoms with E-state index in [1.807, 2.05) is 36.6 Å². The van der Waals surface area contributed by atoms with E-state index in [1.165, 1.54) is 30.4 Å². The number of hydrogen-bond donors (Lipinski definition) is 0. The molecule has 0 saturated carbocycles. The molecule has 146 valence electrons. The summed E-state index contributed by atoms with van der Waals surface area (Å²) < 4.78 is 14.9. The summed E-state index contributed by atoms with van der Waals surface area (Å²) in [7, 11) is 0. The molecule has 0 unspecified atom stereocenters. The zero-order valence-corrected chi connectivity index (χ0v) is 16.9. The average Bonchev–Trinajstić information content (AvgIpc) is 3.12. The van der Waals surface area contributed by atoms with E-state index < -0.39 is 0 Å². The van der Waals surface area contributed by atoms with Gasteiger partial charge in [-0.3, -0.25) is 14.2 Å². The van der Waals surface area contributed by atoms with Crippen molar-refractivity contribution in [3.8, 4) is 22.5 Å². The molecule has 4 aromatic rings. The fourth-order valence-corrected chi connectivity index (χ4v) is 4.29. The van der Waals surface area contributed by atoms with Crippen LogP contribution >= 0.6 is 11.3 Å². The van der Waals surface area contributed by atoms with E-state index in [4.69, 9.17) is 4.98 Å². The highest BCUT2D eigenvalue weighted by Gasteiger charge is 2.18. The first-order chi connectivity index (χ1) is 13.9. The highest BCUT2D eigenvalue weighted by Crippen LogP contribution is 2.32. The predicted molar refractivity (Wildman–Crippen MR) is 115 cm³/mol. The van der Waals surface area contributed by atoms with Gasteiger partial charge in [-0.05, 0) is 37.6 Å². The number of hydrogen-bond acceptors (Lipinski definition) is 4. The minimum Gasteiger partial charge on any atom is -0.300 e. The van der Waals surface area contributed by atoms with Gasteiger partial charge in [-0.15, -0.1) is 11.3 Å². The number of aromatic nitrogens is 2. The maximum absolute atomic E-state index is 13.5. The number of aryl methyl sites for hydroxylation is 1. The van der Waals surface area contributed by atoms with Gasteiger partial charge >= 0.3 is 0 Å². The Hall–Kier alpha value is -3.12. The molecule has 4 rings (SSSR count). The van der Waals surface area contributed by atoms with Gasteiger partial charge in [-0.25, -0.2) is 9.37 Å². The Balaban J connectivity index is 1.97. The summed E-state index contributed by atoms with van der Waals surface area (Å²) in [4.78, 5) is 30.5. The van der Waals surface area contributed by atoms with Crippen molar-refractivity contribution >= 4 is 27.3 Å². The van der Waals surface area contributed by atoms with Crippen molar-refractivity contribution < 1.29 is 9.18 Å². The fraction of sp³-hybridized carbons (Fsp3) is 0.174. The molecule has 0 radical (unpaired) electrons. The Morgan fingerprint density at radius 2 is 1.90 bits per heavy atom. The van der Waals surface area contributed by atoms with Gasteiger partial charge in [0.15, 0.2) is 0 Å². The standard InChI is InChI=1S/C23H19FN2O2S/c1-14-4-3-5-17(12-14)21-25-22-20(23(28)26(21)11-10-15(2)27)19(13-29-22)16-6-8-18(24)9-7-16/h3-9,12-13H,10-11H2,1-2H3. The summed E-state index contributed by atoms with van der Waals surface area (Å²) in [5.74, 6) is 0.239. The van der Waals surface area contributed by atoms with Crippen molar-refractivity contribution in [2.45, 2.75) is 26.8 Å². The van der Waals surface area contributed by atoms with Gasteiger partial charge in [0.1, 0.15) is 22.3 Å². The molecule has 0 atom stereocenters.